The Morgan fingerprint density at radius 1 is 1.30 bits per heavy atom. The molecule has 0 radical (unpaired) electrons. The third-order valence-electron chi connectivity index (χ3n) is 3.71. The zero-order valence-corrected chi connectivity index (χ0v) is 12.0. The molecular formula is C15H23N3O2. The fourth-order valence-corrected chi connectivity index (χ4v) is 2.40. The van der Waals surface area contributed by atoms with Crippen LogP contribution in [0.15, 0.2) is 24.3 Å². The number of aromatic hydroxyl groups is 1. The fraction of sp³-hybridized carbons (Fsp3) is 0.533. The van der Waals surface area contributed by atoms with Crippen molar-refractivity contribution in [3.63, 3.8) is 0 Å². The first-order valence-electron chi connectivity index (χ1n) is 7.22. The van der Waals surface area contributed by atoms with Crippen LogP contribution in [0, 0.1) is 0 Å². The Balaban J connectivity index is 1.70. The van der Waals surface area contributed by atoms with Crippen molar-refractivity contribution in [2.75, 3.05) is 39.3 Å². The standard InChI is InChI=1S/C15H23N3O2/c1-2-17-8-10-18(11-9-17)15(20)16-7-6-13-4-3-5-14(19)12-13/h3-5,12,19H,2,6-11H2,1H3,(H,16,20). The molecule has 1 heterocycles. The highest BCUT2D eigenvalue weighted by Crippen LogP contribution is 2.10. The van der Waals surface area contributed by atoms with Crippen LogP contribution in [0.2, 0.25) is 0 Å². The largest absolute Gasteiger partial charge is 0.508 e. The van der Waals surface area contributed by atoms with Crippen LogP contribution in [0.3, 0.4) is 0 Å². The maximum Gasteiger partial charge on any atom is 0.317 e. The van der Waals surface area contributed by atoms with Crippen molar-refractivity contribution in [2.45, 2.75) is 13.3 Å². The number of nitrogens with one attached hydrogen (secondary N) is 1. The van der Waals surface area contributed by atoms with Crippen LogP contribution in [0.4, 0.5) is 4.79 Å². The van der Waals surface area contributed by atoms with Crippen molar-refractivity contribution < 1.29 is 9.90 Å². The SMILES string of the molecule is CCN1CCN(C(=O)NCCc2cccc(O)c2)CC1. The maximum absolute atomic E-state index is 12.0. The van der Waals surface area contributed by atoms with Gasteiger partial charge in [-0.15, -0.1) is 0 Å². The molecule has 1 aromatic carbocycles. The van der Waals surface area contributed by atoms with Crippen molar-refractivity contribution in [1.29, 1.82) is 0 Å². The molecule has 0 unspecified atom stereocenters. The number of likely N-dealkylation sites (N-methyl/N-ethyl adjacent to an activating group) is 1. The van der Waals surface area contributed by atoms with Gasteiger partial charge >= 0.3 is 6.03 Å². The van der Waals surface area contributed by atoms with E-state index in [4.69, 9.17) is 0 Å². The van der Waals surface area contributed by atoms with Crippen LogP contribution in [0.1, 0.15) is 12.5 Å². The molecule has 0 saturated carbocycles. The molecular weight excluding hydrogens is 254 g/mol. The van der Waals surface area contributed by atoms with Gasteiger partial charge in [-0.1, -0.05) is 19.1 Å². The highest BCUT2D eigenvalue weighted by molar-refractivity contribution is 5.74. The van der Waals surface area contributed by atoms with E-state index in [1.165, 1.54) is 0 Å². The summed E-state index contributed by atoms with van der Waals surface area (Å²) in [6.45, 7) is 7.29. The number of nitrogens with zero attached hydrogens (tertiary/aromatic N) is 2. The number of hydrogen-bond acceptors (Lipinski definition) is 3. The number of hydrogen-bond donors (Lipinski definition) is 2. The summed E-state index contributed by atoms with van der Waals surface area (Å²) in [7, 11) is 0. The Kier molecular flexibility index (Phi) is 5.24. The number of urea groups is 1. The van der Waals surface area contributed by atoms with Crippen molar-refractivity contribution >= 4 is 6.03 Å². The van der Waals surface area contributed by atoms with Gasteiger partial charge in [0.15, 0.2) is 0 Å². The van der Waals surface area contributed by atoms with Crippen molar-refractivity contribution in [2.24, 2.45) is 0 Å². The second-order valence-electron chi connectivity index (χ2n) is 5.07. The van der Waals surface area contributed by atoms with Gasteiger partial charge in [-0.25, -0.2) is 4.79 Å². The van der Waals surface area contributed by atoms with Gasteiger partial charge in [-0.2, -0.15) is 0 Å². The highest BCUT2D eigenvalue weighted by atomic mass is 16.3. The summed E-state index contributed by atoms with van der Waals surface area (Å²) in [6.07, 6.45) is 0.731. The molecule has 5 heteroatoms. The molecule has 5 nitrogen and oxygen atoms in total. The lowest BCUT2D eigenvalue weighted by molar-refractivity contribution is 0.143. The topological polar surface area (TPSA) is 55.8 Å². The van der Waals surface area contributed by atoms with Gasteiger partial charge in [-0.05, 0) is 30.7 Å². The molecule has 0 bridgehead atoms. The molecule has 110 valence electrons. The van der Waals surface area contributed by atoms with E-state index in [-0.39, 0.29) is 11.8 Å². The molecule has 2 amide bonds. The molecule has 2 rings (SSSR count). The van der Waals surface area contributed by atoms with Gasteiger partial charge in [0, 0.05) is 32.7 Å². The lowest BCUT2D eigenvalue weighted by Crippen LogP contribution is -2.51. The lowest BCUT2D eigenvalue weighted by Gasteiger charge is -2.34. The minimum Gasteiger partial charge on any atom is -0.508 e. The Morgan fingerprint density at radius 2 is 2.05 bits per heavy atom. The summed E-state index contributed by atoms with van der Waals surface area (Å²) >= 11 is 0. The maximum atomic E-state index is 12.0. The van der Waals surface area contributed by atoms with Crippen LogP contribution in [0.25, 0.3) is 0 Å². The van der Waals surface area contributed by atoms with Gasteiger partial charge in [-0.3, -0.25) is 0 Å². The molecule has 0 aliphatic carbocycles. The minimum atomic E-state index is 0.0147. The summed E-state index contributed by atoms with van der Waals surface area (Å²) in [5.41, 5.74) is 1.03. The predicted octanol–water partition coefficient (Wildman–Crippen LogP) is 1.28. The van der Waals surface area contributed by atoms with E-state index >= 15 is 0 Å². The van der Waals surface area contributed by atoms with E-state index < -0.39 is 0 Å². The van der Waals surface area contributed by atoms with Crippen LogP contribution in [0.5, 0.6) is 5.75 Å². The molecule has 1 saturated heterocycles. The summed E-state index contributed by atoms with van der Waals surface area (Å²) in [5.74, 6) is 0.268. The first-order valence-corrected chi connectivity index (χ1v) is 7.22. The van der Waals surface area contributed by atoms with E-state index in [0.717, 1.165) is 44.7 Å². The second kappa shape index (κ2) is 7.14. The molecule has 1 aliphatic heterocycles. The Bertz CT molecular complexity index is 442. The monoisotopic (exact) mass is 277 g/mol. The molecule has 0 spiro atoms. The predicted molar refractivity (Wildman–Crippen MR) is 78.9 cm³/mol. The summed E-state index contributed by atoms with van der Waals surface area (Å²) < 4.78 is 0. The second-order valence-corrected chi connectivity index (χ2v) is 5.07. The first-order chi connectivity index (χ1) is 9.69. The Labute approximate surface area is 120 Å². The van der Waals surface area contributed by atoms with Crippen LogP contribution in [-0.2, 0) is 6.42 Å². The number of piperazine rings is 1. The number of rotatable bonds is 4. The lowest BCUT2D eigenvalue weighted by atomic mass is 10.1. The quantitative estimate of drug-likeness (QED) is 0.872. The van der Waals surface area contributed by atoms with Gasteiger partial charge in [0.05, 0.1) is 0 Å². The van der Waals surface area contributed by atoms with Gasteiger partial charge < -0.3 is 20.2 Å². The van der Waals surface area contributed by atoms with Crippen LogP contribution < -0.4 is 5.32 Å². The van der Waals surface area contributed by atoms with Crippen LogP contribution >= 0.6 is 0 Å². The first kappa shape index (κ1) is 14.7. The van der Waals surface area contributed by atoms with Crippen molar-refractivity contribution in [3.05, 3.63) is 29.8 Å². The van der Waals surface area contributed by atoms with E-state index in [1.54, 1.807) is 12.1 Å². The van der Waals surface area contributed by atoms with Gasteiger partial charge in [0.25, 0.3) is 0 Å². The van der Waals surface area contributed by atoms with E-state index in [9.17, 15) is 9.90 Å². The third kappa shape index (κ3) is 4.13. The molecule has 1 aliphatic rings. The molecule has 0 atom stereocenters. The van der Waals surface area contributed by atoms with Gasteiger partial charge in [0.1, 0.15) is 5.75 Å². The van der Waals surface area contributed by atoms with Crippen LogP contribution in [-0.4, -0.2) is 60.2 Å². The average molecular weight is 277 g/mol. The highest BCUT2D eigenvalue weighted by Gasteiger charge is 2.19. The summed E-state index contributed by atoms with van der Waals surface area (Å²) in [6, 6.07) is 7.16. The number of phenols is 1. The molecule has 2 N–H and O–H groups in total. The zero-order chi connectivity index (χ0) is 14.4. The third-order valence-corrected chi connectivity index (χ3v) is 3.71. The Hall–Kier alpha value is -1.75. The number of carbonyl (C=O) groups is 1. The molecule has 1 aromatic rings. The minimum absolute atomic E-state index is 0.0147. The molecule has 1 fully saturated rings. The summed E-state index contributed by atoms with van der Waals surface area (Å²) in [5, 5.41) is 12.3. The smallest absolute Gasteiger partial charge is 0.317 e. The zero-order valence-electron chi connectivity index (χ0n) is 12.0. The van der Waals surface area contributed by atoms with E-state index in [0.29, 0.717) is 6.54 Å². The molecule has 0 aromatic heterocycles. The number of amides is 2. The Morgan fingerprint density at radius 3 is 2.70 bits per heavy atom. The average Bonchev–Trinajstić information content (AvgIpc) is 2.47. The van der Waals surface area contributed by atoms with E-state index in [1.807, 2.05) is 17.0 Å². The van der Waals surface area contributed by atoms with Crippen molar-refractivity contribution in [1.82, 2.24) is 15.1 Å². The molecule has 20 heavy (non-hydrogen) atoms. The van der Waals surface area contributed by atoms with Gasteiger partial charge in [0.2, 0.25) is 0 Å². The van der Waals surface area contributed by atoms with E-state index in [2.05, 4.69) is 17.1 Å². The number of benzene rings is 1. The van der Waals surface area contributed by atoms with Crippen molar-refractivity contribution in [3.8, 4) is 5.75 Å². The fourth-order valence-electron chi connectivity index (χ4n) is 2.40. The normalized spacial score (nSPS) is 16.1. The summed E-state index contributed by atoms with van der Waals surface area (Å²) in [4.78, 5) is 16.2. The number of phenolic OH excluding ortho intramolecular Hbond substituents is 1. The number of carbonyl (C=O) groups excluding carboxylic acids is 1.